The second kappa shape index (κ2) is 2.81. The summed E-state index contributed by atoms with van der Waals surface area (Å²) in [6.45, 7) is 2.00. The first kappa shape index (κ1) is 7.10. The predicted molar refractivity (Wildman–Crippen MR) is 51.4 cm³/mol. The van der Waals surface area contributed by atoms with E-state index >= 15 is 0 Å². The summed E-state index contributed by atoms with van der Waals surface area (Å²) in [5, 5.41) is 3.26. The van der Waals surface area contributed by atoms with Crippen LogP contribution < -0.4 is 5.32 Å². The molecule has 0 saturated heterocycles. The zero-order valence-corrected chi connectivity index (χ0v) is 6.91. The first-order valence-electron chi connectivity index (χ1n) is 3.92. The van der Waals surface area contributed by atoms with E-state index in [-0.39, 0.29) is 0 Å². The van der Waals surface area contributed by atoms with E-state index in [1.165, 1.54) is 0 Å². The van der Waals surface area contributed by atoms with Gasteiger partial charge < -0.3 is 5.32 Å². The molecule has 0 bridgehead atoms. The molecule has 12 heavy (non-hydrogen) atoms. The highest BCUT2D eigenvalue weighted by molar-refractivity contribution is 5.89. The van der Waals surface area contributed by atoms with E-state index < -0.39 is 0 Å². The van der Waals surface area contributed by atoms with Crippen molar-refractivity contribution >= 4 is 11.9 Å². The van der Waals surface area contributed by atoms with Gasteiger partial charge in [0.2, 0.25) is 0 Å². The van der Waals surface area contributed by atoms with Gasteiger partial charge in [-0.2, -0.15) is 0 Å². The largest absolute Gasteiger partial charge is 0.357 e. The van der Waals surface area contributed by atoms with Crippen LogP contribution in [-0.2, 0) is 0 Å². The van der Waals surface area contributed by atoms with Crippen molar-refractivity contribution < 1.29 is 0 Å². The molecular formula is C10H10N2. The van der Waals surface area contributed by atoms with Crippen molar-refractivity contribution in [2.24, 2.45) is 4.99 Å². The van der Waals surface area contributed by atoms with Crippen molar-refractivity contribution in [1.82, 2.24) is 0 Å². The number of rotatable bonds is 0. The lowest BCUT2D eigenvalue weighted by molar-refractivity contribution is 1.35. The van der Waals surface area contributed by atoms with Crippen molar-refractivity contribution in [1.29, 1.82) is 0 Å². The van der Waals surface area contributed by atoms with Gasteiger partial charge in [0.15, 0.2) is 0 Å². The molecule has 1 aromatic carbocycles. The van der Waals surface area contributed by atoms with Gasteiger partial charge >= 0.3 is 0 Å². The van der Waals surface area contributed by atoms with Crippen LogP contribution in [0.15, 0.2) is 41.2 Å². The Morgan fingerprint density at radius 2 is 2.08 bits per heavy atom. The lowest BCUT2D eigenvalue weighted by Crippen LogP contribution is -1.95. The van der Waals surface area contributed by atoms with Crippen molar-refractivity contribution in [2.75, 3.05) is 5.32 Å². The van der Waals surface area contributed by atoms with Crippen LogP contribution >= 0.6 is 0 Å². The number of aliphatic imine (C=N–C) groups is 1. The van der Waals surface area contributed by atoms with Gasteiger partial charge in [-0.3, -0.25) is 4.99 Å². The Morgan fingerprint density at radius 3 is 3.00 bits per heavy atom. The number of nitrogens with zero attached hydrogens (tertiary/aromatic N) is 1. The SMILES string of the molecule is CC1=CN=Cc2ccccc2N1. The maximum atomic E-state index is 4.14. The minimum absolute atomic E-state index is 1.07. The summed E-state index contributed by atoms with van der Waals surface area (Å²) in [5.41, 5.74) is 3.31. The molecule has 0 atom stereocenters. The molecule has 1 heterocycles. The lowest BCUT2D eigenvalue weighted by atomic mass is 10.2. The molecule has 2 heteroatoms. The highest BCUT2D eigenvalue weighted by Gasteiger charge is 2.00. The summed E-state index contributed by atoms with van der Waals surface area (Å²) in [6, 6.07) is 8.10. The molecular weight excluding hydrogens is 148 g/mol. The van der Waals surface area contributed by atoms with Crippen LogP contribution in [0.1, 0.15) is 12.5 Å². The molecule has 0 radical (unpaired) electrons. The molecule has 0 aromatic heterocycles. The molecule has 1 aliphatic rings. The summed E-state index contributed by atoms with van der Waals surface area (Å²) in [5.74, 6) is 0. The monoisotopic (exact) mass is 158 g/mol. The summed E-state index contributed by atoms with van der Waals surface area (Å²) < 4.78 is 0. The smallest absolute Gasteiger partial charge is 0.0471 e. The Morgan fingerprint density at radius 1 is 1.25 bits per heavy atom. The van der Waals surface area contributed by atoms with Gasteiger partial charge in [0.25, 0.3) is 0 Å². The number of fused-ring (bicyclic) bond motifs is 1. The van der Waals surface area contributed by atoms with Crippen LogP contribution in [0.2, 0.25) is 0 Å². The summed E-state index contributed by atoms with van der Waals surface area (Å²) >= 11 is 0. The average molecular weight is 158 g/mol. The molecule has 0 saturated carbocycles. The first-order chi connectivity index (χ1) is 5.86. The van der Waals surface area contributed by atoms with E-state index in [0.29, 0.717) is 0 Å². The van der Waals surface area contributed by atoms with Crippen molar-refractivity contribution in [3.63, 3.8) is 0 Å². The van der Waals surface area contributed by atoms with Crippen LogP contribution in [0.3, 0.4) is 0 Å². The van der Waals surface area contributed by atoms with Crippen molar-refractivity contribution in [3.05, 3.63) is 41.7 Å². The fourth-order valence-corrected chi connectivity index (χ4v) is 1.20. The highest BCUT2D eigenvalue weighted by atomic mass is 14.9. The third-order valence-corrected chi connectivity index (χ3v) is 1.77. The second-order valence-corrected chi connectivity index (χ2v) is 2.80. The molecule has 1 aliphatic heterocycles. The molecule has 2 nitrogen and oxygen atoms in total. The van der Waals surface area contributed by atoms with Crippen LogP contribution in [0, 0.1) is 0 Å². The fraction of sp³-hybridized carbons (Fsp3) is 0.100. The third-order valence-electron chi connectivity index (χ3n) is 1.77. The zero-order valence-electron chi connectivity index (χ0n) is 6.91. The van der Waals surface area contributed by atoms with E-state index in [2.05, 4.69) is 10.3 Å². The fourth-order valence-electron chi connectivity index (χ4n) is 1.20. The van der Waals surface area contributed by atoms with Gasteiger partial charge in [0.1, 0.15) is 0 Å². The molecule has 0 fully saturated rings. The van der Waals surface area contributed by atoms with Crippen molar-refractivity contribution in [2.45, 2.75) is 6.92 Å². The van der Waals surface area contributed by atoms with Crippen LogP contribution in [0.5, 0.6) is 0 Å². The zero-order chi connectivity index (χ0) is 8.39. The first-order valence-corrected chi connectivity index (χ1v) is 3.92. The minimum Gasteiger partial charge on any atom is -0.357 e. The number of benzene rings is 1. The average Bonchev–Trinajstić information content (AvgIpc) is 2.25. The topological polar surface area (TPSA) is 24.4 Å². The second-order valence-electron chi connectivity index (χ2n) is 2.80. The van der Waals surface area contributed by atoms with Gasteiger partial charge in [0.05, 0.1) is 0 Å². The Bertz CT molecular complexity index is 351. The molecule has 60 valence electrons. The lowest BCUT2D eigenvalue weighted by Gasteiger charge is -2.05. The van der Waals surface area contributed by atoms with Crippen molar-refractivity contribution in [3.8, 4) is 0 Å². The van der Waals surface area contributed by atoms with Crippen LogP contribution in [0.25, 0.3) is 0 Å². The van der Waals surface area contributed by atoms with E-state index in [1.807, 2.05) is 43.6 Å². The van der Waals surface area contributed by atoms with Gasteiger partial charge in [-0.05, 0) is 13.0 Å². The maximum Gasteiger partial charge on any atom is 0.0471 e. The molecule has 0 spiro atoms. The summed E-state index contributed by atoms with van der Waals surface area (Å²) in [7, 11) is 0. The number of para-hydroxylation sites is 1. The predicted octanol–water partition coefficient (Wildman–Crippen LogP) is 2.39. The van der Waals surface area contributed by atoms with Gasteiger partial charge in [-0.1, -0.05) is 18.2 Å². The number of hydrogen-bond acceptors (Lipinski definition) is 2. The number of hydrogen-bond donors (Lipinski definition) is 1. The molecule has 1 aromatic rings. The van der Waals surface area contributed by atoms with Crippen LogP contribution in [0.4, 0.5) is 5.69 Å². The van der Waals surface area contributed by atoms with Gasteiger partial charge in [-0.15, -0.1) is 0 Å². The minimum atomic E-state index is 1.07. The Hall–Kier alpha value is -1.57. The van der Waals surface area contributed by atoms with Crippen LogP contribution in [-0.4, -0.2) is 6.21 Å². The molecule has 0 amide bonds. The molecule has 1 N–H and O–H groups in total. The quantitative estimate of drug-likeness (QED) is 0.616. The van der Waals surface area contributed by atoms with E-state index in [1.54, 1.807) is 0 Å². The summed E-state index contributed by atoms with van der Waals surface area (Å²) in [6.07, 6.45) is 3.68. The normalized spacial score (nSPS) is 14.2. The Balaban J connectivity index is 2.49. The van der Waals surface area contributed by atoms with E-state index in [4.69, 9.17) is 0 Å². The van der Waals surface area contributed by atoms with Gasteiger partial charge in [0, 0.05) is 29.4 Å². The van der Waals surface area contributed by atoms with E-state index in [9.17, 15) is 0 Å². The van der Waals surface area contributed by atoms with Gasteiger partial charge in [-0.25, -0.2) is 0 Å². The Kier molecular flexibility index (Phi) is 1.67. The Labute approximate surface area is 71.6 Å². The molecule has 0 unspecified atom stereocenters. The maximum absolute atomic E-state index is 4.14. The number of nitrogens with one attached hydrogen (secondary N) is 1. The molecule has 2 rings (SSSR count). The molecule has 0 aliphatic carbocycles. The highest BCUT2D eigenvalue weighted by Crippen LogP contribution is 2.16. The standard InChI is InChI=1S/C10H10N2/c1-8-6-11-7-9-4-2-3-5-10(9)12-8/h2-7,12H,1H3. The van der Waals surface area contributed by atoms with E-state index in [0.717, 1.165) is 16.9 Å². The number of anilines is 1. The summed E-state index contributed by atoms with van der Waals surface area (Å²) in [4.78, 5) is 4.14. The third kappa shape index (κ3) is 1.23. The number of allylic oxidation sites excluding steroid dienone is 1.